The zero-order chi connectivity index (χ0) is 13.1. The van der Waals surface area contributed by atoms with Crippen molar-refractivity contribution in [3.63, 3.8) is 0 Å². The molecule has 0 radical (unpaired) electrons. The van der Waals surface area contributed by atoms with E-state index in [1.807, 2.05) is 17.5 Å². The lowest BCUT2D eigenvalue weighted by atomic mass is 10.4. The van der Waals surface area contributed by atoms with E-state index in [1.165, 1.54) is 12.8 Å². The van der Waals surface area contributed by atoms with Crippen LogP contribution >= 0.6 is 11.3 Å². The molecule has 19 heavy (non-hydrogen) atoms. The highest BCUT2D eigenvalue weighted by Crippen LogP contribution is 2.30. The van der Waals surface area contributed by atoms with Crippen LogP contribution in [0.5, 0.6) is 5.88 Å². The van der Waals surface area contributed by atoms with Gasteiger partial charge in [0.05, 0.1) is 18.8 Å². The molecule has 1 aliphatic carbocycles. The minimum absolute atomic E-state index is 0.524. The Morgan fingerprint density at radius 2 is 2.32 bits per heavy atom. The van der Waals surface area contributed by atoms with Crippen molar-refractivity contribution in [2.75, 3.05) is 17.7 Å². The minimum Gasteiger partial charge on any atom is -0.476 e. The summed E-state index contributed by atoms with van der Waals surface area (Å²) >= 11 is 1.61. The van der Waals surface area contributed by atoms with Gasteiger partial charge in [-0.1, -0.05) is 0 Å². The van der Waals surface area contributed by atoms with Crippen LogP contribution in [0, 0.1) is 5.92 Å². The molecule has 2 aromatic rings. The second-order valence-corrected chi connectivity index (χ2v) is 5.60. The Labute approximate surface area is 115 Å². The molecule has 0 amide bonds. The molecule has 1 saturated carbocycles. The van der Waals surface area contributed by atoms with E-state index < -0.39 is 0 Å². The molecular formula is C13H16N4OS. The molecule has 3 N–H and O–H groups in total. The van der Waals surface area contributed by atoms with Crippen LogP contribution in [-0.4, -0.2) is 16.6 Å². The van der Waals surface area contributed by atoms with Crippen LogP contribution in [0.15, 0.2) is 23.7 Å². The fourth-order valence-electron chi connectivity index (χ4n) is 1.65. The summed E-state index contributed by atoms with van der Waals surface area (Å²) in [7, 11) is 0. The Hall–Kier alpha value is -1.82. The third kappa shape index (κ3) is 3.35. The van der Waals surface area contributed by atoms with Crippen LogP contribution in [0.2, 0.25) is 0 Å². The van der Waals surface area contributed by atoms with E-state index in [-0.39, 0.29) is 0 Å². The summed E-state index contributed by atoms with van der Waals surface area (Å²) in [5.74, 6) is 1.97. The summed E-state index contributed by atoms with van der Waals surface area (Å²) in [5, 5.41) is 6.20. The average Bonchev–Trinajstić information content (AvgIpc) is 3.10. The largest absolute Gasteiger partial charge is 0.476 e. The van der Waals surface area contributed by atoms with Crippen LogP contribution in [0.1, 0.15) is 17.8 Å². The number of nitrogens with one attached hydrogen (secondary N) is 1. The Kier molecular flexibility index (Phi) is 3.50. The molecule has 1 fully saturated rings. The van der Waals surface area contributed by atoms with Crippen molar-refractivity contribution in [3.8, 4) is 5.88 Å². The molecule has 0 aliphatic heterocycles. The van der Waals surface area contributed by atoms with E-state index in [0.717, 1.165) is 10.8 Å². The molecule has 100 valence electrons. The lowest BCUT2D eigenvalue weighted by Gasteiger charge is -2.10. The molecule has 6 heteroatoms. The molecule has 2 heterocycles. The molecular weight excluding hydrogens is 260 g/mol. The van der Waals surface area contributed by atoms with Gasteiger partial charge in [0.15, 0.2) is 0 Å². The second kappa shape index (κ2) is 5.44. The molecule has 0 spiro atoms. The summed E-state index contributed by atoms with van der Waals surface area (Å²) in [6, 6.07) is 3.67. The van der Waals surface area contributed by atoms with Crippen molar-refractivity contribution >= 4 is 22.8 Å². The van der Waals surface area contributed by atoms with Crippen LogP contribution < -0.4 is 15.8 Å². The standard InChI is InChI=1S/C13H16N4OS/c14-10-3-4-11(16-7-12-15-5-6-19-12)17-13(10)18-8-9-1-2-9/h3-6,9H,1-2,7-8,14H2,(H,16,17). The van der Waals surface area contributed by atoms with E-state index in [9.17, 15) is 0 Å². The predicted molar refractivity (Wildman–Crippen MR) is 76.3 cm³/mol. The van der Waals surface area contributed by atoms with Crippen molar-refractivity contribution in [3.05, 3.63) is 28.7 Å². The van der Waals surface area contributed by atoms with E-state index in [2.05, 4.69) is 15.3 Å². The second-order valence-electron chi connectivity index (χ2n) is 4.62. The van der Waals surface area contributed by atoms with E-state index in [0.29, 0.717) is 30.6 Å². The molecule has 3 rings (SSSR count). The molecule has 0 unspecified atom stereocenters. The van der Waals surface area contributed by atoms with Gasteiger partial charge >= 0.3 is 0 Å². The highest BCUT2D eigenvalue weighted by atomic mass is 32.1. The Morgan fingerprint density at radius 1 is 1.42 bits per heavy atom. The first-order chi connectivity index (χ1) is 9.31. The van der Waals surface area contributed by atoms with Gasteiger partial charge in [-0.2, -0.15) is 4.98 Å². The van der Waals surface area contributed by atoms with Crippen LogP contribution in [0.3, 0.4) is 0 Å². The van der Waals surface area contributed by atoms with E-state index >= 15 is 0 Å². The van der Waals surface area contributed by atoms with Gasteiger partial charge in [0.25, 0.3) is 0 Å². The first-order valence-electron chi connectivity index (χ1n) is 6.33. The Morgan fingerprint density at radius 3 is 3.05 bits per heavy atom. The number of nitrogens with zero attached hydrogens (tertiary/aromatic N) is 2. The van der Waals surface area contributed by atoms with Gasteiger partial charge in [0.2, 0.25) is 5.88 Å². The van der Waals surface area contributed by atoms with Crippen molar-refractivity contribution < 1.29 is 4.74 Å². The Balaban J connectivity index is 1.62. The van der Waals surface area contributed by atoms with Gasteiger partial charge in [-0.15, -0.1) is 11.3 Å². The first-order valence-corrected chi connectivity index (χ1v) is 7.21. The molecule has 0 bridgehead atoms. The maximum atomic E-state index is 5.86. The number of nitrogen functional groups attached to an aromatic ring is 1. The van der Waals surface area contributed by atoms with Crippen molar-refractivity contribution in [1.82, 2.24) is 9.97 Å². The summed E-state index contributed by atoms with van der Waals surface area (Å²) < 4.78 is 5.65. The number of hydrogen-bond donors (Lipinski definition) is 2. The monoisotopic (exact) mass is 276 g/mol. The maximum absolute atomic E-state index is 5.86. The molecule has 0 atom stereocenters. The number of pyridine rings is 1. The topological polar surface area (TPSA) is 73.1 Å². The van der Waals surface area contributed by atoms with Crippen molar-refractivity contribution in [2.45, 2.75) is 19.4 Å². The number of anilines is 2. The van der Waals surface area contributed by atoms with Crippen molar-refractivity contribution in [2.24, 2.45) is 5.92 Å². The smallest absolute Gasteiger partial charge is 0.239 e. The van der Waals surface area contributed by atoms with Crippen LogP contribution in [0.4, 0.5) is 11.5 Å². The van der Waals surface area contributed by atoms with Gasteiger partial charge in [-0.05, 0) is 30.9 Å². The van der Waals surface area contributed by atoms with E-state index in [4.69, 9.17) is 10.5 Å². The predicted octanol–water partition coefficient (Wildman–Crippen LogP) is 2.52. The lowest BCUT2D eigenvalue weighted by Crippen LogP contribution is -2.06. The normalized spacial score (nSPS) is 14.3. The third-order valence-electron chi connectivity index (χ3n) is 2.95. The fourth-order valence-corrected chi connectivity index (χ4v) is 2.21. The zero-order valence-corrected chi connectivity index (χ0v) is 11.3. The quantitative estimate of drug-likeness (QED) is 0.848. The lowest BCUT2D eigenvalue weighted by molar-refractivity contribution is 0.290. The molecule has 1 aliphatic rings. The van der Waals surface area contributed by atoms with Crippen molar-refractivity contribution in [1.29, 1.82) is 0 Å². The molecule has 0 saturated heterocycles. The van der Waals surface area contributed by atoms with E-state index in [1.54, 1.807) is 17.5 Å². The maximum Gasteiger partial charge on any atom is 0.239 e. The highest BCUT2D eigenvalue weighted by Gasteiger charge is 2.22. The zero-order valence-electron chi connectivity index (χ0n) is 10.5. The fraction of sp³-hybridized carbons (Fsp3) is 0.385. The van der Waals surface area contributed by atoms with Crippen LogP contribution in [-0.2, 0) is 6.54 Å². The summed E-state index contributed by atoms with van der Waals surface area (Å²) in [4.78, 5) is 8.60. The number of rotatable bonds is 6. The van der Waals surface area contributed by atoms with Gasteiger partial charge in [-0.3, -0.25) is 0 Å². The number of aromatic nitrogens is 2. The van der Waals surface area contributed by atoms with Crippen LogP contribution in [0.25, 0.3) is 0 Å². The minimum atomic E-state index is 0.524. The van der Waals surface area contributed by atoms with Gasteiger partial charge < -0.3 is 15.8 Å². The first kappa shape index (κ1) is 12.2. The number of nitrogens with two attached hydrogens (primary N) is 1. The SMILES string of the molecule is Nc1ccc(NCc2nccs2)nc1OCC1CC1. The molecule has 5 nitrogen and oxygen atoms in total. The highest BCUT2D eigenvalue weighted by molar-refractivity contribution is 7.09. The van der Waals surface area contributed by atoms with Gasteiger partial charge in [0.1, 0.15) is 10.8 Å². The Bertz CT molecular complexity index is 540. The average molecular weight is 276 g/mol. The number of ether oxygens (including phenoxy) is 1. The summed E-state index contributed by atoms with van der Waals surface area (Å²) in [6.45, 7) is 1.38. The van der Waals surface area contributed by atoms with Gasteiger partial charge in [0, 0.05) is 11.6 Å². The third-order valence-corrected chi connectivity index (χ3v) is 3.73. The summed E-state index contributed by atoms with van der Waals surface area (Å²) in [6.07, 6.45) is 4.30. The summed E-state index contributed by atoms with van der Waals surface area (Å²) in [5.41, 5.74) is 6.45. The molecule has 2 aromatic heterocycles. The number of thiazole rings is 1. The molecule has 0 aromatic carbocycles. The van der Waals surface area contributed by atoms with Gasteiger partial charge in [-0.25, -0.2) is 4.98 Å². The number of hydrogen-bond acceptors (Lipinski definition) is 6.